The Labute approximate surface area is 130 Å². The van der Waals surface area contributed by atoms with Crippen LogP contribution in [0.2, 0.25) is 0 Å². The normalized spacial score (nSPS) is 10.4. The number of benzene rings is 2. The van der Waals surface area contributed by atoms with Gasteiger partial charge in [-0.1, -0.05) is 12.1 Å². The molecule has 22 heavy (non-hydrogen) atoms. The second-order valence-electron chi connectivity index (χ2n) is 5.26. The van der Waals surface area contributed by atoms with E-state index in [1.54, 1.807) is 25.3 Å². The fourth-order valence-corrected chi connectivity index (χ4v) is 2.06. The van der Waals surface area contributed by atoms with E-state index in [9.17, 15) is 4.79 Å². The lowest BCUT2D eigenvalue weighted by atomic mass is 10.1. The third kappa shape index (κ3) is 3.69. The minimum atomic E-state index is -0.134. The maximum atomic E-state index is 12.0. The largest absolute Gasteiger partial charge is 0.495 e. The molecule has 116 valence electrons. The van der Waals surface area contributed by atoms with Crippen molar-refractivity contribution in [3.8, 4) is 5.75 Å². The summed E-state index contributed by atoms with van der Waals surface area (Å²) < 4.78 is 5.30. The molecular weight excluding hydrogens is 278 g/mol. The number of anilines is 3. The van der Waals surface area contributed by atoms with Gasteiger partial charge in [-0.05, 0) is 44.2 Å². The molecule has 0 aliphatic rings. The number of nitrogens with two attached hydrogens (primary N) is 1. The summed E-state index contributed by atoms with van der Waals surface area (Å²) in [5, 5.41) is 6.06. The Bertz CT molecular complexity index is 669. The molecule has 2 aromatic rings. The van der Waals surface area contributed by atoms with E-state index in [2.05, 4.69) is 10.6 Å². The van der Waals surface area contributed by atoms with Gasteiger partial charge in [-0.25, -0.2) is 0 Å². The Morgan fingerprint density at radius 2 is 1.86 bits per heavy atom. The van der Waals surface area contributed by atoms with Crippen LogP contribution in [0.3, 0.4) is 0 Å². The van der Waals surface area contributed by atoms with Gasteiger partial charge in [0, 0.05) is 11.6 Å². The maximum Gasteiger partial charge on any atom is 0.251 e. The van der Waals surface area contributed by atoms with Crippen LogP contribution < -0.4 is 21.1 Å². The Morgan fingerprint density at radius 3 is 2.50 bits per heavy atom. The van der Waals surface area contributed by atoms with Crippen molar-refractivity contribution in [3.05, 3.63) is 48.0 Å². The topological polar surface area (TPSA) is 76.4 Å². The van der Waals surface area contributed by atoms with Crippen LogP contribution in [0.5, 0.6) is 5.75 Å². The molecule has 2 rings (SSSR count). The lowest BCUT2D eigenvalue weighted by Crippen LogP contribution is -2.30. The van der Waals surface area contributed by atoms with E-state index in [0.717, 1.165) is 17.1 Å². The Kier molecular flexibility index (Phi) is 4.88. The highest BCUT2D eigenvalue weighted by atomic mass is 16.5. The maximum absolute atomic E-state index is 12.0. The van der Waals surface area contributed by atoms with Crippen molar-refractivity contribution in [3.63, 3.8) is 0 Å². The van der Waals surface area contributed by atoms with Crippen molar-refractivity contribution in [1.29, 1.82) is 0 Å². The third-order valence-electron chi connectivity index (χ3n) is 3.11. The Hall–Kier alpha value is -2.69. The van der Waals surface area contributed by atoms with E-state index in [0.29, 0.717) is 11.3 Å². The highest BCUT2D eigenvalue weighted by Crippen LogP contribution is 2.30. The quantitative estimate of drug-likeness (QED) is 0.741. The number of nitrogen functional groups attached to an aromatic ring is 1. The molecule has 0 unspecified atom stereocenters. The van der Waals surface area contributed by atoms with Crippen LogP contribution in [-0.2, 0) is 0 Å². The smallest absolute Gasteiger partial charge is 0.251 e. The SMILES string of the molecule is COc1ccccc1Nc1ccc(C(=O)NC(C)C)cc1N. The minimum absolute atomic E-state index is 0.0834. The molecule has 0 aliphatic carbocycles. The first kappa shape index (κ1) is 15.7. The number of methoxy groups -OCH3 is 1. The molecule has 0 saturated heterocycles. The molecule has 0 atom stereocenters. The van der Waals surface area contributed by atoms with Crippen LogP contribution in [0.25, 0.3) is 0 Å². The lowest BCUT2D eigenvalue weighted by molar-refractivity contribution is 0.0943. The molecule has 0 saturated carbocycles. The van der Waals surface area contributed by atoms with Gasteiger partial charge in [-0.15, -0.1) is 0 Å². The first-order valence-electron chi connectivity index (χ1n) is 7.11. The molecule has 1 amide bonds. The van der Waals surface area contributed by atoms with Gasteiger partial charge in [0.15, 0.2) is 0 Å². The number of hydrogen-bond acceptors (Lipinski definition) is 4. The van der Waals surface area contributed by atoms with Gasteiger partial charge >= 0.3 is 0 Å². The summed E-state index contributed by atoms with van der Waals surface area (Å²) in [6, 6.07) is 12.8. The molecule has 2 aromatic carbocycles. The molecule has 0 radical (unpaired) electrons. The van der Waals surface area contributed by atoms with E-state index < -0.39 is 0 Å². The van der Waals surface area contributed by atoms with Crippen LogP contribution in [0.4, 0.5) is 17.1 Å². The zero-order valence-electron chi connectivity index (χ0n) is 13.0. The predicted molar refractivity (Wildman–Crippen MR) is 89.7 cm³/mol. The van der Waals surface area contributed by atoms with E-state index in [4.69, 9.17) is 10.5 Å². The van der Waals surface area contributed by atoms with Crippen LogP contribution >= 0.6 is 0 Å². The van der Waals surface area contributed by atoms with Crippen LogP contribution in [-0.4, -0.2) is 19.1 Å². The predicted octanol–water partition coefficient (Wildman–Crippen LogP) is 3.16. The van der Waals surface area contributed by atoms with Crippen molar-refractivity contribution >= 4 is 23.0 Å². The molecule has 0 spiro atoms. The number of nitrogens with one attached hydrogen (secondary N) is 2. The van der Waals surface area contributed by atoms with Crippen molar-refractivity contribution in [2.75, 3.05) is 18.2 Å². The molecule has 0 aliphatic heterocycles. The van der Waals surface area contributed by atoms with Gasteiger partial charge in [-0.2, -0.15) is 0 Å². The fraction of sp³-hybridized carbons (Fsp3) is 0.235. The fourth-order valence-electron chi connectivity index (χ4n) is 2.06. The van der Waals surface area contributed by atoms with Crippen LogP contribution in [0.1, 0.15) is 24.2 Å². The first-order chi connectivity index (χ1) is 10.5. The zero-order chi connectivity index (χ0) is 16.1. The summed E-state index contributed by atoms with van der Waals surface area (Å²) in [6.45, 7) is 3.83. The van der Waals surface area contributed by atoms with E-state index in [1.807, 2.05) is 38.1 Å². The Morgan fingerprint density at radius 1 is 1.14 bits per heavy atom. The van der Waals surface area contributed by atoms with E-state index in [1.165, 1.54) is 0 Å². The van der Waals surface area contributed by atoms with Crippen molar-refractivity contribution in [1.82, 2.24) is 5.32 Å². The lowest BCUT2D eigenvalue weighted by Gasteiger charge is -2.14. The standard InChI is InChI=1S/C17H21N3O2/c1-11(2)19-17(21)12-8-9-14(13(18)10-12)20-15-6-4-5-7-16(15)22-3/h4-11,20H,18H2,1-3H3,(H,19,21). The van der Waals surface area contributed by atoms with Crippen molar-refractivity contribution in [2.45, 2.75) is 19.9 Å². The number of ether oxygens (including phenoxy) is 1. The second-order valence-corrected chi connectivity index (χ2v) is 5.26. The zero-order valence-corrected chi connectivity index (χ0v) is 13.0. The number of carbonyl (C=O) groups is 1. The molecule has 0 heterocycles. The van der Waals surface area contributed by atoms with Gasteiger partial charge < -0.3 is 21.1 Å². The third-order valence-corrected chi connectivity index (χ3v) is 3.11. The van der Waals surface area contributed by atoms with Gasteiger partial charge in [0.1, 0.15) is 5.75 Å². The molecule has 4 N–H and O–H groups in total. The van der Waals surface area contributed by atoms with Crippen molar-refractivity contribution < 1.29 is 9.53 Å². The molecule has 0 bridgehead atoms. The number of carbonyl (C=O) groups excluding carboxylic acids is 1. The Balaban J connectivity index is 2.21. The monoisotopic (exact) mass is 299 g/mol. The van der Waals surface area contributed by atoms with Gasteiger partial charge in [-0.3, -0.25) is 4.79 Å². The van der Waals surface area contributed by atoms with Crippen LogP contribution in [0, 0.1) is 0 Å². The molecule has 0 fully saturated rings. The van der Waals surface area contributed by atoms with Gasteiger partial charge in [0.25, 0.3) is 5.91 Å². The number of para-hydroxylation sites is 2. The summed E-state index contributed by atoms with van der Waals surface area (Å²) in [4.78, 5) is 12.0. The molecule has 0 aromatic heterocycles. The summed E-state index contributed by atoms with van der Waals surface area (Å²) in [5.41, 5.74) is 8.63. The first-order valence-corrected chi connectivity index (χ1v) is 7.11. The van der Waals surface area contributed by atoms with Crippen LogP contribution in [0.15, 0.2) is 42.5 Å². The van der Waals surface area contributed by atoms with Gasteiger partial charge in [0.05, 0.1) is 24.2 Å². The van der Waals surface area contributed by atoms with E-state index >= 15 is 0 Å². The summed E-state index contributed by atoms with van der Waals surface area (Å²) in [6.07, 6.45) is 0. The average Bonchev–Trinajstić information content (AvgIpc) is 2.49. The summed E-state index contributed by atoms with van der Waals surface area (Å²) >= 11 is 0. The number of amides is 1. The van der Waals surface area contributed by atoms with E-state index in [-0.39, 0.29) is 11.9 Å². The highest BCUT2D eigenvalue weighted by Gasteiger charge is 2.10. The molecule has 5 nitrogen and oxygen atoms in total. The second kappa shape index (κ2) is 6.85. The average molecular weight is 299 g/mol. The molecular formula is C17H21N3O2. The summed E-state index contributed by atoms with van der Waals surface area (Å²) in [5.74, 6) is 0.592. The number of rotatable bonds is 5. The minimum Gasteiger partial charge on any atom is -0.495 e. The highest BCUT2D eigenvalue weighted by molar-refractivity contribution is 5.96. The number of hydrogen-bond donors (Lipinski definition) is 3. The van der Waals surface area contributed by atoms with Crippen molar-refractivity contribution in [2.24, 2.45) is 0 Å². The van der Waals surface area contributed by atoms with Gasteiger partial charge in [0.2, 0.25) is 0 Å². The summed E-state index contributed by atoms with van der Waals surface area (Å²) in [7, 11) is 1.61. The molecule has 5 heteroatoms.